The molecule has 0 saturated heterocycles. The molecule has 0 bridgehead atoms. The number of nitrogens with zero attached hydrogens (tertiary/aromatic N) is 2. The van der Waals surface area contributed by atoms with Crippen LogP contribution in [0.3, 0.4) is 0 Å². The van der Waals surface area contributed by atoms with Gasteiger partial charge in [-0.3, -0.25) is 9.59 Å². The summed E-state index contributed by atoms with van der Waals surface area (Å²) in [6, 6.07) is 4.87. The molecular formula is C13H18N2O3. The van der Waals surface area contributed by atoms with E-state index in [1.807, 2.05) is 0 Å². The van der Waals surface area contributed by atoms with Crippen LogP contribution in [0.25, 0.3) is 0 Å². The standard InChI is InChI=1S/C13H18N2O3/c1-2-7-14(10-11-16)13(18)6-9-15-8-4-3-5-12(15)17/h2-5,8,16H,1,6-7,9-11H2. The van der Waals surface area contributed by atoms with Gasteiger partial charge in [-0.25, -0.2) is 0 Å². The summed E-state index contributed by atoms with van der Waals surface area (Å²) in [4.78, 5) is 24.8. The monoisotopic (exact) mass is 250 g/mol. The number of carbonyl (C=O) groups excluding carboxylic acids is 1. The maximum absolute atomic E-state index is 11.9. The van der Waals surface area contributed by atoms with Crippen molar-refractivity contribution >= 4 is 5.91 Å². The van der Waals surface area contributed by atoms with E-state index in [9.17, 15) is 9.59 Å². The van der Waals surface area contributed by atoms with E-state index in [0.29, 0.717) is 13.1 Å². The molecule has 0 aliphatic rings. The lowest BCUT2D eigenvalue weighted by Gasteiger charge is -2.20. The number of pyridine rings is 1. The lowest BCUT2D eigenvalue weighted by atomic mass is 10.3. The molecule has 0 spiro atoms. The zero-order valence-electron chi connectivity index (χ0n) is 10.3. The quantitative estimate of drug-likeness (QED) is 0.705. The second-order valence-corrected chi connectivity index (χ2v) is 3.83. The van der Waals surface area contributed by atoms with E-state index in [4.69, 9.17) is 5.11 Å². The summed E-state index contributed by atoms with van der Waals surface area (Å²) in [5, 5.41) is 8.86. The molecule has 18 heavy (non-hydrogen) atoms. The molecule has 1 rings (SSSR count). The van der Waals surface area contributed by atoms with Crippen molar-refractivity contribution < 1.29 is 9.90 Å². The van der Waals surface area contributed by atoms with Gasteiger partial charge in [-0.05, 0) is 6.07 Å². The van der Waals surface area contributed by atoms with Crippen LogP contribution in [-0.2, 0) is 11.3 Å². The van der Waals surface area contributed by atoms with E-state index < -0.39 is 0 Å². The Bertz CT molecular complexity index is 454. The Morgan fingerprint density at radius 1 is 1.50 bits per heavy atom. The van der Waals surface area contributed by atoms with Gasteiger partial charge < -0.3 is 14.6 Å². The van der Waals surface area contributed by atoms with Crippen molar-refractivity contribution in [2.24, 2.45) is 0 Å². The predicted molar refractivity (Wildman–Crippen MR) is 69.2 cm³/mol. The van der Waals surface area contributed by atoms with Gasteiger partial charge in [-0.2, -0.15) is 0 Å². The second kappa shape index (κ2) is 7.45. The normalized spacial score (nSPS) is 10.1. The van der Waals surface area contributed by atoms with Crippen molar-refractivity contribution in [2.45, 2.75) is 13.0 Å². The van der Waals surface area contributed by atoms with Crippen molar-refractivity contribution in [2.75, 3.05) is 19.7 Å². The molecule has 5 heteroatoms. The van der Waals surface area contributed by atoms with Crippen molar-refractivity contribution in [3.05, 3.63) is 47.4 Å². The van der Waals surface area contributed by atoms with Gasteiger partial charge in [-0.15, -0.1) is 6.58 Å². The Balaban J connectivity index is 2.56. The van der Waals surface area contributed by atoms with Crippen molar-refractivity contribution in [1.82, 2.24) is 9.47 Å². The number of hydrogen-bond acceptors (Lipinski definition) is 3. The van der Waals surface area contributed by atoms with Gasteiger partial charge in [0.05, 0.1) is 6.61 Å². The number of aliphatic hydroxyl groups is 1. The molecule has 1 amide bonds. The van der Waals surface area contributed by atoms with Crippen LogP contribution in [0.2, 0.25) is 0 Å². The molecular weight excluding hydrogens is 232 g/mol. The van der Waals surface area contributed by atoms with Crippen molar-refractivity contribution in [3.63, 3.8) is 0 Å². The maximum atomic E-state index is 11.9. The number of rotatable bonds is 7. The van der Waals surface area contributed by atoms with Gasteiger partial charge in [0.25, 0.3) is 5.56 Å². The third-order valence-electron chi connectivity index (χ3n) is 2.54. The SMILES string of the molecule is C=CCN(CCO)C(=O)CCn1ccccc1=O. The molecule has 0 saturated carbocycles. The smallest absolute Gasteiger partial charge is 0.250 e. The summed E-state index contributed by atoms with van der Waals surface area (Å²) >= 11 is 0. The maximum Gasteiger partial charge on any atom is 0.250 e. The summed E-state index contributed by atoms with van der Waals surface area (Å²) in [6.45, 7) is 4.53. The molecule has 0 fully saturated rings. The lowest BCUT2D eigenvalue weighted by Crippen LogP contribution is -2.34. The summed E-state index contributed by atoms with van der Waals surface area (Å²) in [7, 11) is 0. The molecule has 0 aliphatic carbocycles. The van der Waals surface area contributed by atoms with Gasteiger partial charge in [0.15, 0.2) is 0 Å². The predicted octanol–water partition coefficient (Wildman–Crippen LogP) is 0.245. The highest BCUT2D eigenvalue weighted by Crippen LogP contribution is 1.97. The number of aliphatic hydroxyl groups excluding tert-OH is 1. The zero-order valence-corrected chi connectivity index (χ0v) is 10.3. The van der Waals surface area contributed by atoms with Crippen LogP contribution >= 0.6 is 0 Å². The largest absolute Gasteiger partial charge is 0.395 e. The topological polar surface area (TPSA) is 62.5 Å². The number of carbonyl (C=O) groups is 1. The zero-order chi connectivity index (χ0) is 13.4. The van der Waals surface area contributed by atoms with Crippen LogP contribution in [0.1, 0.15) is 6.42 Å². The van der Waals surface area contributed by atoms with E-state index in [-0.39, 0.29) is 31.0 Å². The summed E-state index contributed by atoms with van der Waals surface area (Å²) in [6.07, 6.45) is 3.50. The number of amides is 1. The highest BCUT2D eigenvalue weighted by atomic mass is 16.3. The molecule has 1 aromatic heterocycles. The fourth-order valence-corrected chi connectivity index (χ4v) is 1.61. The highest BCUT2D eigenvalue weighted by molar-refractivity contribution is 5.76. The molecule has 1 heterocycles. The van der Waals surface area contributed by atoms with Crippen molar-refractivity contribution in [1.29, 1.82) is 0 Å². The van der Waals surface area contributed by atoms with Crippen LogP contribution in [0, 0.1) is 0 Å². The van der Waals surface area contributed by atoms with Crippen LogP contribution in [0.15, 0.2) is 41.8 Å². The Labute approximate surface area is 106 Å². The summed E-state index contributed by atoms with van der Waals surface area (Å²) in [5.74, 6) is -0.0975. The molecule has 0 radical (unpaired) electrons. The molecule has 1 N–H and O–H groups in total. The summed E-state index contributed by atoms with van der Waals surface area (Å²) < 4.78 is 1.49. The number of aromatic nitrogens is 1. The Morgan fingerprint density at radius 3 is 2.89 bits per heavy atom. The van der Waals surface area contributed by atoms with Gasteiger partial charge in [-0.1, -0.05) is 12.1 Å². The molecule has 1 aromatic rings. The van der Waals surface area contributed by atoms with E-state index in [2.05, 4.69) is 6.58 Å². The Hall–Kier alpha value is -1.88. The van der Waals surface area contributed by atoms with Gasteiger partial charge in [0.1, 0.15) is 0 Å². The lowest BCUT2D eigenvalue weighted by molar-refractivity contribution is -0.131. The van der Waals surface area contributed by atoms with Crippen LogP contribution in [-0.4, -0.2) is 40.2 Å². The van der Waals surface area contributed by atoms with Crippen LogP contribution in [0.5, 0.6) is 0 Å². The van der Waals surface area contributed by atoms with E-state index in [1.165, 1.54) is 15.5 Å². The average Bonchev–Trinajstić information content (AvgIpc) is 2.37. The fourth-order valence-electron chi connectivity index (χ4n) is 1.61. The number of aryl methyl sites for hydroxylation is 1. The first-order chi connectivity index (χ1) is 8.69. The molecule has 98 valence electrons. The average molecular weight is 250 g/mol. The third-order valence-corrected chi connectivity index (χ3v) is 2.54. The minimum Gasteiger partial charge on any atom is -0.395 e. The van der Waals surface area contributed by atoms with Crippen LogP contribution < -0.4 is 5.56 Å². The highest BCUT2D eigenvalue weighted by Gasteiger charge is 2.11. The molecule has 5 nitrogen and oxygen atoms in total. The first-order valence-corrected chi connectivity index (χ1v) is 5.84. The van der Waals surface area contributed by atoms with E-state index in [1.54, 1.807) is 24.4 Å². The summed E-state index contributed by atoms with van der Waals surface area (Å²) in [5.41, 5.74) is -0.122. The molecule has 0 unspecified atom stereocenters. The minimum absolute atomic E-state index is 0.0785. The van der Waals surface area contributed by atoms with E-state index >= 15 is 0 Å². The third kappa shape index (κ3) is 4.18. The minimum atomic E-state index is -0.122. The van der Waals surface area contributed by atoms with Crippen molar-refractivity contribution in [3.8, 4) is 0 Å². The molecule has 0 atom stereocenters. The first kappa shape index (κ1) is 14.2. The fraction of sp³-hybridized carbons (Fsp3) is 0.385. The second-order valence-electron chi connectivity index (χ2n) is 3.83. The Kier molecular flexibility index (Phi) is 5.87. The first-order valence-electron chi connectivity index (χ1n) is 5.84. The van der Waals surface area contributed by atoms with E-state index in [0.717, 1.165) is 0 Å². The van der Waals surface area contributed by atoms with Gasteiger partial charge >= 0.3 is 0 Å². The van der Waals surface area contributed by atoms with Gasteiger partial charge in [0, 0.05) is 38.3 Å². The van der Waals surface area contributed by atoms with Crippen LogP contribution in [0.4, 0.5) is 0 Å². The Morgan fingerprint density at radius 2 is 2.28 bits per heavy atom. The molecule has 0 aliphatic heterocycles. The molecule has 0 aromatic carbocycles. The number of hydrogen-bond donors (Lipinski definition) is 1. The van der Waals surface area contributed by atoms with Gasteiger partial charge in [0.2, 0.25) is 5.91 Å².